The Balaban J connectivity index is 1.27. The monoisotopic (exact) mass is 482 g/mol. The van der Waals surface area contributed by atoms with E-state index in [0.29, 0.717) is 0 Å². The molecule has 8 heteroatoms. The van der Waals surface area contributed by atoms with Crippen LogP contribution >= 0.6 is 11.3 Å². The molecular formula is C27H23FN6S. The number of anilines is 2. The summed E-state index contributed by atoms with van der Waals surface area (Å²) in [7, 11) is 0. The Bertz CT molecular complexity index is 1590. The molecule has 0 amide bonds. The first-order valence-corrected chi connectivity index (χ1v) is 12.4. The number of nitrogens with one attached hydrogen (secondary N) is 2. The second kappa shape index (κ2) is 9.10. The van der Waals surface area contributed by atoms with Crippen LogP contribution in [0.2, 0.25) is 0 Å². The molecule has 0 radical (unpaired) electrons. The summed E-state index contributed by atoms with van der Waals surface area (Å²) in [5.74, 6) is 7.13. The molecule has 6 rings (SSSR count). The fourth-order valence-corrected chi connectivity index (χ4v) is 5.37. The summed E-state index contributed by atoms with van der Waals surface area (Å²) in [4.78, 5) is 9.90. The molecule has 0 spiro atoms. The topological polar surface area (TPSA) is 67.7 Å². The lowest BCUT2D eigenvalue weighted by Crippen LogP contribution is -2.18. The van der Waals surface area contributed by atoms with Crippen LogP contribution in [0.4, 0.5) is 15.9 Å². The number of hydrogen-bond donors (Lipinski definition) is 2. The molecule has 2 atom stereocenters. The van der Waals surface area contributed by atoms with Gasteiger partial charge < -0.3 is 10.6 Å². The zero-order chi connectivity index (χ0) is 23.8. The molecule has 1 fully saturated rings. The molecule has 0 aliphatic carbocycles. The molecule has 1 aliphatic rings. The van der Waals surface area contributed by atoms with E-state index in [2.05, 4.69) is 37.5 Å². The number of rotatable bonds is 4. The van der Waals surface area contributed by atoms with Gasteiger partial charge >= 0.3 is 0 Å². The smallest absolute Gasteiger partial charge is 0.151 e. The molecule has 35 heavy (non-hydrogen) atoms. The van der Waals surface area contributed by atoms with Gasteiger partial charge in [0.25, 0.3) is 0 Å². The van der Waals surface area contributed by atoms with Crippen LogP contribution in [0.15, 0.2) is 61.1 Å². The first-order chi connectivity index (χ1) is 17.1. The van der Waals surface area contributed by atoms with Crippen molar-refractivity contribution in [2.75, 3.05) is 11.9 Å². The van der Waals surface area contributed by atoms with Gasteiger partial charge in [0, 0.05) is 11.1 Å². The van der Waals surface area contributed by atoms with Crippen LogP contribution in [0, 0.1) is 17.7 Å². The second-order valence-corrected chi connectivity index (χ2v) is 9.74. The maximum atomic E-state index is 13.7. The van der Waals surface area contributed by atoms with Crippen LogP contribution in [0.1, 0.15) is 36.2 Å². The highest BCUT2D eigenvalue weighted by Gasteiger charge is 2.15. The minimum Gasteiger partial charge on any atom is -0.339 e. The molecule has 1 unspecified atom stereocenters. The molecule has 2 N–H and O–H groups in total. The highest BCUT2D eigenvalue weighted by atomic mass is 32.1. The van der Waals surface area contributed by atoms with Crippen molar-refractivity contribution in [2.45, 2.75) is 31.8 Å². The van der Waals surface area contributed by atoms with Crippen molar-refractivity contribution in [3.63, 3.8) is 0 Å². The molecule has 4 heterocycles. The summed E-state index contributed by atoms with van der Waals surface area (Å²) < 4.78 is 16.6. The third-order valence-corrected chi connectivity index (χ3v) is 7.34. The van der Waals surface area contributed by atoms with E-state index in [1.165, 1.54) is 12.5 Å². The summed E-state index contributed by atoms with van der Waals surface area (Å²) in [6, 6.07) is 14.9. The van der Waals surface area contributed by atoms with E-state index in [1.54, 1.807) is 29.8 Å². The minimum atomic E-state index is -0.244. The first-order valence-electron chi connectivity index (χ1n) is 11.6. The van der Waals surface area contributed by atoms with Gasteiger partial charge in [0.1, 0.15) is 12.1 Å². The zero-order valence-corrected chi connectivity index (χ0v) is 19.9. The van der Waals surface area contributed by atoms with E-state index in [-0.39, 0.29) is 17.9 Å². The highest BCUT2D eigenvalue weighted by Crippen LogP contribution is 2.32. The molecule has 0 saturated carbocycles. The maximum Gasteiger partial charge on any atom is 0.151 e. The van der Waals surface area contributed by atoms with Gasteiger partial charge in [-0.05, 0) is 68.3 Å². The summed E-state index contributed by atoms with van der Waals surface area (Å²) in [6.45, 7) is 3.06. The Morgan fingerprint density at radius 1 is 1.20 bits per heavy atom. The number of fused-ring (bicyclic) bond motifs is 2. The summed E-state index contributed by atoms with van der Waals surface area (Å²) in [5, 5.41) is 12.4. The van der Waals surface area contributed by atoms with Crippen LogP contribution in [0.25, 0.3) is 21.1 Å². The van der Waals surface area contributed by atoms with Crippen molar-refractivity contribution in [1.82, 2.24) is 25.1 Å². The predicted molar refractivity (Wildman–Crippen MR) is 139 cm³/mol. The number of benzene rings is 2. The largest absolute Gasteiger partial charge is 0.339 e. The van der Waals surface area contributed by atoms with Gasteiger partial charge in [0.2, 0.25) is 0 Å². The van der Waals surface area contributed by atoms with E-state index in [0.717, 1.165) is 56.0 Å². The number of halogens is 1. The van der Waals surface area contributed by atoms with Crippen LogP contribution < -0.4 is 10.6 Å². The lowest BCUT2D eigenvalue weighted by Gasteiger charge is -2.14. The van der Waals surface area contributed by atoms with Crippen molar-refractivity contribution < 1.29 is 4.39 Å². The average Bonchev–Trinajstić information content (AvgIpc) is 3.62. The summed E-state index contributed by atoms with van der Waals surface area (Å²) in [5.41, 5.74) is 3.65. The lowest BCUT2D eigenvalue weighted by atomic mass is 10.1. The average molecular weight is 483 g/mol. The van der Waals surface area contributed by atoms with Gasteiger partial charge in [0.15, 0.2) is 5.82 Å². The van der Waals surface area contributed by atoms with Crippen molar-refractivity contribution in [1.29, 1.82) is 0 Å². The molecule has 3 aromatic heterocycles. The quantitative estimate of drug-likeness (QED) is 0.325. The molecular weight excluding hydrogens is 459 g/mol. The summed E-state index contributed by atoms with van der Waals surface area (Å²) in [6.07, 6.45) is 5.69. The van der Waals surface area contributed by atoms with Crippen LogP contribution in [-0.4, -0.2) is 32.3 Å². The van der Waals surface area contributed by atoms with Crippen molar-refractivity contribution >= 4 is 44.0 Å². The highest BCUT2D eigenvalue weighted by molar-refractivity contribution is 7.20. The van der Waals surface area contributed by atoms with E-state index < -0.39 is 0 Å². The molecule has 5 aromatic rings. The Hall–Kier alpha value is -3.80. The minimum absolute atomic E-state index is 0.0893. The fourth-order valence-electron chi connectivity index (χ4n) is 4.45. The predicted octanol–water partition coefficient (Wildman–Crippen LogP) is 5.64. The Morgan fingerprint density at radius 3 is 3.00 bits per heavy atom. The third-order valence-electron chi connectivity index (χ3n) is 6.30. The SMILES string of the molecule is CC(c1cccc(F)c1)n1ncc2cc(Nc3ncnc4cc(C#C[C@H]5CCCN5)sc34)ccc21. The number of aromatic nitrogens is 4. The Labute approximate surface area is 206 Å². The van der Waals surface area contributed by atoms with Crippen molar-refractivity contribution in [3.05, 3.63) is 77.3 Å². The lowest BCUT2D eigenvalue weighted by molar-refractivity contribution is 0.572. The fraction of sp³-hybridized carbons (Fsp3) is 0.222. The third kappa shape index (κ3) is 4.36. The van der Waals surface area contributed by atoms with Crippen molar-refractivity contribution in [3.8, 4) is 11.8 Å². The normalized spacial score (nSPS) is 16.3. The molecule has 6 nitrogen and oxygen atoms in total. The molecule has 174 valence electrons. The van der Waals surface area contributed by atoms with Gasteiger partial charge in [0.05, 0.1) is 38.9 Å². The van der Waals surface area contributed by atoms with E-state index in [4.69, 9.17) is 0 Å². The maximum absolute atomic E-state index is 13.7. The molecule has 2 aromatic carbocycles. The second-order valence-electron chi connectivity index (χ2n) is 8.68. The Kier molecular flexibility index (Phi) is 5.64. The number of nitrogens with zero attached hydrogens (tertiary/aromatic N) is 4. The standard InChI is InChI=1S/C27H23FN6S/c1-17(18-4-2-5-20(28)12-18)34-25-10-8-22(13-19(25)15-32-34)33-27-26-24(30-16-31-27)14-23(35-26)9-7-21-6-3-11-29-21/h2,4-5,8,10,12-17,21,29H,3,6,11H2,1H3,(H,30,31,33)/t17?,21-/m1/s1. The van der Waals surface area contributed by atoms with Crippen LogP contribution in [0.3, 0.4) is 0 Å². The zero-order valence-electron chi connectivity index (χ0n) is 19.1. The summed E-state index contributed by atoms with van der Waals surface area (Å²) >= 11 is 1.60. The van der Waals surface area contributed by atoms with Gasteiger partial charge in [-0.2, -0.15) is 5.10 Å². The van der Waals surface area contributed by atoms with Crippen molar-refractivity contribution in [2.24, 2.45) is 0 Å². The first kappa shape index (κ1) is 21.7. The molecule has 0 bridgehead atoms. The van der Waals surface area contributed by atoms with E-state index in [1.807, 2.05) is 48.1 Å². The van der Waals surface area contributed by atoms with Gasteiger partial charge in [-0.3, -0.25) is 4.68 Å². The van der Waals surface area contributed by atoms with E-state index in [9.17, 15) is 4.39 Å². The molecule has 1 aliphatic heterocycles. The van der Waals surface area contributed by atoms with Crippen LogP contribution in [-0.2, 0) is 0 Å². The van der Waals surface area contributed by atoms with Gasteiger partial charge in [-0.15, -0.1) is 11.3 Å². The number of thiophene rings is 1. The Morgan fingerprint density at radius 2 is 2.14 bits per heavy atom. The van der Waals surface area contributed by atoms with Crippen LogP contribution in [0.5, 0.6) is 0 Å². The molecule has 1 saturated heterocycles. The van der Waals surface area contributed by atoms with E-state index >= 15 is 0 Å². The van der Waals surface area contributed by atoms with Gasteiger partial charge in [-0.25, -0.2) is 14.4 Å². The van der Waals surface area contributed by atoms with Gasteiger partial charge in [-0.1, -0.05) is 24.0 Å². The number of hydrogen-bond acceptors (Lipinski definition) is 6.